The number of nitrogens with two attached hydrogens (primary N) is 1. The van der Waals surface area contributed by atoms with Gasteiger partial charge in [0.1, 0.15) is 0 Å². The highest BCUT2D eigenvalue weighted by molar-refractivity contribution is 7.89. The van der Waals surface area contributed by atoms with E-state index in [0.29, 0.717) is 11.3 Å². The maximum atomic E-state index is 13.7. The fourth-order valence-corrected chi connectivity index (χ4v) is 7.03. The van der Waals surface area contributed by atoms with E-state index in [1.807, 2.05) is 44.2 Å². The van der Waals surface area contributed by atoms with Crippen LogP contribution in [0, 0.1) is 22.0 Å². The average Bonchev–Trinajstić information content (AvgIpc) is 3.20. The first-order valence-corrected chi connectivity index (χ1v) is 14.9. The van der Waals surface area contributed by atoms with Gasteiger partial charge in [0.25, 0.3) is 5.69 Å². The lowest BCUT2D eigenvalue weighted by Crippen LogP contribution is -2.45. The van der Waals surface area contributed by atoms with Gasteiger partial charge >= 0.3 is 0 Å². The number of benzene rings is 3. The standard InChI is InChI=1S/C30H34N4O7S/c1-19(2)17-33(42(40,41)23-12-10-22(11-13-23)34(38)39)18-27(35)25(15-20-7-5-4-6-8-20)28-24-16-21(29(31)36)9-14-26(24)32(3)30(28)37/h4-14,16,19,25,27-28,35H,15,17-18H2,1-3H3,(H2,31,36)/t25-,27+,28?/m1/s1. The number of nitrogens with zero attached hydrogens (tertiary/aromatic N) is 3. The van der Waals surface area contributed by atoms with Crippen molar-refractivity contribution in [1.82, 2.24) is 4.31 Å². The molecular formula is C30H34N4O7S. The number of sulfonamides is 1. The predicted octanol–water partition coefficient (Wildman–Crippen LogP) is 3.32. The minimum Gasteiger partial charge on any atom is -0.391 e. The third-order valence-electron chi connectivity index (χ3n) is 7.49. The molecule has 0 bridgehead atoms. The first-order chi connectivity index (χ1) is 19.8. The monoisotopic (exact) mass is 594 g/mol. The zero-order valence-corrected chi connectivity index (χ0v) is 24.4. The van der Waals surface area contributed by atoms with Gasteiger partial charge in [0.15, 0.2) is 0 Å². The molecule has 1 heterocycles. The van der Waals surface area contributed by atoms with Gasteiger partial charge in [0, 0.05) is 49.4 Å². The van der Waals surface area contributed by atoms with Crippen LogP contribution in [-0.4, -0.2) is 60.8 Å². The molecule has 222 valence electrons. The Hall–Kier alpha value is -4.13. The van der Waals surface area contributed by atoms with Crippen LogP contribution in [0.15, 0.2) is 77.7 Å². The summed E-state index contributed by atoms with van der Waals surface area (Å²) in [5, 5.41) is 22.9. The largest absolute Gasteiger partial charge is 0.391 e. The van der Waals surface area contributed by atoms with Crippen molar-refractivity contribution in [3.8, 4) is 0 Å². The van der Waals surface area contributed by atoms with Gasteiger partial charge in [-0.3, -0.25) is 19.7 Å². The molecule has 1 unspecified atom stereocenters. The van der Waals surface area contributed by atoms with Gasteiger partial charge in [-0.2, -0.15) is 4.31 Å². The molecule has 1 aliphatic rings. The number of nitro groups is 1. The van der Waals surface area contributed by atoms with Gasteiger partial charge in [-0.15, -0.1) is 0 Å². The molecule has 0 saturated heterocycles. The van der Waals surface area contributed by atoms with Crippen LogP contribution in [0.2, 0.25) is 0 Å². The number of fused-ring (bicyclic) bond motifs is 1. The summed E-state index contributed by atoms with van der Waals surface area (Å²) in [6.45, 7) is 3.41. The number of carbonyl (C=O) groups is 2. The number of amides is 2. The van der Waals surface area contributed by atoms with Gasteiger partial charge in [-0.05, 0) is 53.8 Å². The zero-order chi connectivity index (χ0) is 30.8. The molecule has 0 radical (unpaired) electrons. The van der Waals surface area contributed by atoms with Crippen LogP contribution in [0.3, 0.4) is 0 Å². The van der Waals surface area contributed by atoms with Crippen LogP contribution < -0.4 is 10.6 Å². The van der Waals surface area contributed by atoms with Crippen LogP contribution in [0.5, 0.6) is 0 Å². The molecule has 3 N–H and O–H groups in total. The molecule has 4 rings (SSSR count). The average molecular weight is 595 g/mol. The second-order valence-corrected chi connectivity index (χ2v) is 12.8. The highest BCUT2D eigenvalue weighted by Gasteiger charge is 2.44. The Morgan fingerprint density at radius 2 is 1.71 bits per heavy atom. The topological polar surface area (TPSA) is 164 Å². The van der Waals surface area contributed by atoms with E-state index in [9.17, 15) is 33.2 Å². The summed E-state index contributed by atoms with van der Waals surface area (Å²) in [6.07, 6.45) is -1.05. The Labute approximate surface area is 244 Å². The molecule has 0 aliphatic carbocycles. The van der Waals surface area contributed by atoms with Crippen LogP contribution in [-0.2, 0) is 21.2 Å². The van der Waals surface area contributed by atoms with E-state index in [1.54, 1.807) is 19.2 Å². The predicted molar refractivity (Wildman–Crippen MR) is 157 cm³/mol. The molecule has 3 atom stereocenters. The Bertz CT molecular complexity index is 1580. The first-order valence-electron chi connectivity index (χ1n) is 13.5. The second-order valence-electron chi connectivity index (χ2n) is 10.9. The van der Waals surface area contributed by atoms with Gasteiger partial charge in [0.2, 0.25) is 21.8 Å². The molecule has 1 aliphatic heterocycles. The summed E-state index contributed by atoms with van der Waals surface area (Å²) in [7, 11) is -2.56. The van der Waals surface area contributed by atoms with Crippen LogP contribution in [0.1, 0.15) is 41.3 Å². The second kappa shape index (κ2) is 12.4. The number of non-ortho nitro benzene ring substituents is 1. The molecule has 0 saturated carbocycles. The number of primary amides is 1. The summed E-state index contributed by atoms with van der Waals surface area (Å²) < 4.78 is 28.6. The summed E-state index contributed by atoms with van der Waals surface area (Å²) in [5.41, 5.74) is 7.45. The number of nitro benzene ring substituents is 1. The van der Waals surface area contributed by atoms with E-state index >= 15 is 0 Å². The van der Waals surface area contributed by atoms with Gasteiger partial charge in [-0.1, -0.05) is 44.2 Å². The van der Waals surface area contributed by atoms with E-state index in [2.05, 4.69) is 0 Å². The SMILES string of the molecule is CC(C)CN(C[C@H](O)[C@@H](Cc1ccccc1)C1C(=O)N(C)c2ccc(C(N)=O)cc21)S(=O)(=O)c1ccc([N+](=O)[O-])cc1. The zero-order valence-electron chi connectivity index (χ0n) is 23.6. The van der Waals surface area contributed by atoms with Gasteiger partial charge in [-0.25, -0.2) is 8.42 Å². The fraction of sp³-hybridized carbons (Fsp3) is 0.333. The Morgan fingerprint density at radius 1 is 1.07 bits per heavy atom. The highest BCUT2D eigenvalue weighted by Crippen LogP contribution is 2.43. The summed E-state index contributed by atoms with van der Waals surface area (Å²) in [6, 6.07) is 18.6. The van der Waals surface area contributed by atoms with E-state index in [1.165, 1.54) is 23.1 Å². The van der Waals surface area contributed by atoms with E-state index in [-0.39, 0.29) is 47.5 Å². The molecule has 3 aromatic rings. The van der Waals surface area contributed by atoms with Crippen LogP contribution >= 0.6 is 0 Å². The lowest BCUT2D eigenvalue weighted by atomic mass is 9.79. The number of carbonyl (C=O) groups excluding carboxylic acids is 2. The number of hydrogen-bond acceptors (Lipinski definition) is 7. The Balaban J connectivity index is 1.75. The van der Waals surface area contributed by atoms with Crippen molar-refractivity contribution >= 4 is 33.2 Å². The van der Waals surface area contributed by atoms with Crippen molar-refractivity contribution < 1.29 is 28.0 Å². The number of likely N-dealkylation sites (N-methyl/N-ethyl adjacent to an activating group) is 1. The molecular weight excluding hydrogens is 560 g/mol. The number of anilines is 1. The smallest absolute Gasteiger partial charge is 0.269 e. The maximum absolute atomic E-state index is 13.7. The number of aliphatic hydroxyl groups excluding tert-OH is 1. The molecule has 0 spiro atoms. The molecule has 2 amide bonds. The van der Waals surface area contributed by atoms with Crippen molar-refractivity contribution in [2.75, 3.05) is 25.0 Å². The van der Waals surface area contributed by atoms with Crippen LogP contribution in [0.25, 0.3) is 0 Å². The van der Waals surface area contributed by atoms with Crippen molar-refractivity contribution in [3.63, 3.8) is 0 Å². The first kappa shape index (κ1) is 30.8. The number of rotatable bonds is 12. The maximum Gasteiger partial charge on any atom is 0.269 e. The normalized spacial score (nSPS) is 16.5. The molecule has 12 heteroatoms. The van der Waals surface area contributed by atoms with Crippen molar-refractivity contribution in [2.24, 2.45) is 17.6 Å². The van der Waals surface area contributed by atoms with Crippen LogP contribution in [0.4, 0.5) is 11.4 Å². The van der Waals surface area contributed by atoms with E-state index < -0.39 is 38.8 Å². The molecule has 3 aromatic carbocycles. The quantitative estimate of drug-likeness (QED) is 0.240. The number of aliphatic hydroxyl groups is 1. The summed E-state index contributed by atoms with van der Waals surface area (Å²) >= 11 is 0. The van der Waals surface area contributed by atoms with Gasteiger partial charge < -0.3 is 15.7 Å². The van der Waals surface area contributed by atoms with Crippen molar-refractivity contribution in [3.05, 3.63) is 99.6 Å². The molecule has 42 heavy (non-hydrogen) atoms. The molecule has 0 fully saturated rings. The molecule has 11 nitrogen and oxygen atoms in total. The highest BCUT2D eigenvalue weighted by atomic mass is 32.2. The minimum absolute atomic E-state index is 0.0648. The number of hydrogen-bond donors (Lipinski definition) is 2. The third-order valence-corrected chi connectivity index (χ3v) is 9.33. The summed E-state index contributed by atoms with van der Waals surface area (Å²) in [4.78, 5) is 37.4. The molecule has 0 aromatic heterocycles. The Kier molecular flexibility index (Phi) is 9.09. The summed E-state index contributed by atoms with van der Waals surface area (Å²) in [5.74, 6) is -2.71. The Morgan fingerprint density at radius 3 is 2.29 bits per heavy atom. The third kappa shape index (κ3) is 6.35. The lowest BCUT2D eigenvalue weighted by molar-refractivity contribution is -0.384. The van der Waals surface area contributed by atoms with E-state index in [4.69, 9.17) is 5.73 Å². The minimum atomic E-state index is -4.17. The van der Waals surface area contributed by atoms with Gasteiger partial charge in [0.05, 0.1) is 21.8 Å². The van der Waals surface area contributed by atoms with Crippen molar-refractivity contribution in [1.29, 1.82) is 0 Å². The lowest BCUT2D eigenvalue weighted by Gasteiger charge is -2.32. The fourth-order valence-electron chi connectivity index (χ4n) is 5.41. The van der Waals surface area contributed by atoms with E-state index in [0.717, 1.165) is 22.0 Å². The van der Waals surface area contributed by atoms with Crippen molar-refractivity contribution in [2.45, 2.75) is 37.2 Å².